The third-order valence-corrected chi connectivity index (χ3v) is 9.15. The largest absolute Gasteiger partial charge is 0.456 e. The van der Waals surface area contributed by atoms with Gasteiger partial charge in [0.1, 0.15) is 16.2 Å². The summed E-state index contributed by atoms with van der Waals surface area (Å²) in [4.78, 5) is 10.2. The average Bonchev–Trinajstić information content (AvgIpc) is 3.65. The van der Waals surface area contributed by atoms with Crippen molar-refractivity contribution in [3.05, 3.63) is 133 Å². The molecule has 0 bridgehead atoms. The summed E-state index contributed by atoms with van der Waals surface area (Å²) in [6.07, 6.45) is 0. The Labute approximate surface area is 245 Å². The third-order valence-electron chi connectivity index (χ3n) is 8.07. The zero-order valence-electron chi connectivity index (χ0n) is 22.4. The van der Waals surface area contributed by atoms with Crippen molar-refractivity contribution in [1.82, 2.24) is 9.97 Å². The zero-order valence-corrected chi connectivity index (χ0v) is 23.2. The minimum absolute atomic E-state index is 0.864. The van der Waals surface area contributed by atoms with E-state index in [1.54, 1.807) is 11.3 Å². The van der Waals surface area contributed by atoms with Crippen molar-refractivity contribution in [3.63, 3.8) is 0 Å². The summed E-state index contributed by atoms with van der Waals surface area (Å²) in [5.74, 6) is 0. The Hall–Kier alpha value is -5.32. The van der Waals surface area contributed by atoms with Gasteiger partial charge in [0.25, 0.3) is 0 Å². The molecule has 0 saturated carbocycles. The number of aromatic nitrogens is 2. The van der Waals surface area contributed by atoms with Crippen LogP contribution in [0, 0.1) is 0 Å². The Balaban J connectivity index is 1.41. The van der Waals surface area contributed by atoms with Crippen molar-refractivity contribution in [3.8, 4) is 33.0 Å². The number of thiazole rings is 1. The minimum Gasteiger partial charge on any atom is -0.456 e. The van der Waals surface area contributed by atoms with Gasteiger partial charge in [-0.05, 0) is 42.0 Å². The van der Waals surface area contributed by atoms with E-state index < -0.39 is 0 Å². The van der Waals surface area contributed by atoms with Crippen molar-refractivity contribution in [2.75, 3.05) is 0 Å². The molecule has 0 aliphatic rings. The molecule has 0 amide bonds. The molecule has 0 aliphatic carbocycles. The molecule has 42 heavy (non-hydrogen) atoms. The van der Waals surface area contributed by atoms with E-state index in [2.05, 4.69) is 115 Å². The van der Waals surface area contributed by atoms with E-state index in [1.807, 2.05) is 18.2 Å². The maximum Gasteiger partial charge on any atom is 0.136 e. The van der Waals surface area contributed by atoms with Gasteiger partial charge in [-0.3, -0.25) is 0 Å². The Kier molecular flexibility index (Phi) is 5.07. The van der Waals surface area contributed by atoms with Gasteiger partial charge in [0, 0.05) is 43.6 Å². The number of hydrogen-bond donors (Lipinski definition) is 0. The van der Waals surface area contributed by atoms with Crippen LogP contribution in [0.25, 0.3) is 86.8 Å². The van der Waals surface area contributed by atoms with Gasteiger partial charge in [0.2, 0.25) is 0 Å². The lowest BCUT2D eigenvalue weighted by Gasteiger charge is -2.16. The molecule has 0 atom stereocenters. The maximum atomic E-state index is 6.52. The van der Waals surface area contributed by atoms with Crippen LogP contribution >= 0.6 is 11.3 Å². The lowest BCUT2D eigenvalue weighted by atomic mass is 9.89. The number of benzene rings is 6. The van der Waals surface area contributed by atoms with E-state index in [-0.39, 0.29) is 0 Å². The van der Waals surface area contributed by atoms with E-state index in [4.69, 9.17) is 14.4 Å². The molecule has 3 heterocycles. The summed E-state index contributed by atoms with van der Waals surface area (Å²) in [6.45, 7) is 0. The molecule has 4 heteroatoms. The second-order valence-electron chi connectivity index (χ2n) is 10.6. The molecule has 0 spiro atoms. The van der Waals surface area contributed by atoms with Crippen LogP contribution in [0.2, 0.25) is 0 Å². The Bertz CT molecular complexity index is 2440. The van der Waals surface area contributed by atoms with E-state index in [0.717, 1.165) is 71.1 Å². The average molecular weight is 555 g/mol. The molecular weight excluding hydrogens is 532 g/mol. The summed E-state index contributed by atoms with van der Waals surface area (Å²) < 4.78 is 7.70. The normalized spacial score (nSPS) is 11.8. The van der Waals surface area contributed by atoms with Gasteiger partial charge >= 0.3 is 0 Å². The van der Waals surface area contributed by atoms with Crippen molar-refractivity contribution in [1.29, 1.82) is 0 Å². The molecule has 3 aromatic heterocycles. The zero-order chi connectivity index (χ0) is 27.6. The summed E-state index contributed by atoms with van der Waals surface area (Å²) >= 11 is 1.72. The van der Waals surface area contributed by atoms with E-state index in [0.29, 0.717) is 0 Å². The van der Waals surface area contributed by atoms with Gasteiger partial charge in [-0.25, -0.2) is 9.97 Å². The number of furan rings is 1. The standard InChI is InChI=1S/C38H22N2OS/c1-2-11-23(12-3-1)34-35-26-15-4-6-17-29(26)39-37(28(35)22-32-36(34)27-16-5-8-19-31(27)41-32)24-13-10-14-25(21-24)38-40-30-18-7-9-20-33(30)42-38/h1-22H. The summed E-state index contributed by atoms with van der Waals surface area (Å²) in [5, 5.41) is 6.65. The van der Waals surface area contributed by atoms with E-state index in [1.165, 1.54) is 15.6 Å². The van der Waals surface area contributed by atoms with Gasteiger partial charge in [0.05, 0.1) is 21.4 Å². The molecular formula is C38H22N2OS. The number of fused-ring (bicyclic) bond motifs is 7. The first-order valence-corrected chi connectivity index (χ1v) is 14.8. The molecule has 0 radical (unpaired) electrons. The smallest absolute Gasteiger partial charge is 0.136 e. The fraction of sp³-hybridized carbons (Fsp3) is 0. The highest BCUT2D eigenvalue weighted by atomic mass is 32.1. The van der Waals surface area contributed by atoms with Crippen LogP contribution in [0.15, 0.2) is 138 Å². The van der Waals surface area contributed by atoms with Crippen molar-refractivity contribution in [2.45, 2.75) is 0 Å². The molecule has 3 nitrogen and oxygen atoms in total. The second kappa shape index (κ2) is 9.10. The fourth-order valence-electron chi connectivity index (χ4n) is 6.23. The predicted octanol–water partition coefficient (Wildman–Crippen LogP) is 10.9. The monoisotopic (exact) mass is 554 g/mol. The van der Waals surface area contributed by atoms with Gasteiger partial charge in [0.15, 0.2) is 0 Å². The first-order chi connectivity index (χ1) is 20.8. The molecule has 0 N–H and O–H groups in total. The number of para-hydroxylation sites is 3. The lowest BCUT2D eigenvalue weighted by Crippen LogP contribution is -1.93. The van der Waals surface area contributed by atoms with Gasteiger partial charge in [-0.15, -0.1) is 11.3 Å². The van der Waals surface area contributed by atoms with Crippen LogP contribution in [0.5, 0.6) is 0 Å². The Morgan fingerprint density at radius 1 is 0.476 bits per heavy atom. The highest BCUT2D eigenvalue weighted by Gasteiger charge is 2.21. The molecule has 196 valence electrons. The minimum atomic E-state index is 0.864. The topological polar surface area (TPSA) is 38.9 Å². The van der Waals surface area contributed by atoms with Crippen LogP contribution in [-0.4, -0.2) is 9.97 Å². The SMILES string of the molecule is c1ccc(-c2c3c(cc4c(-c5cccc(-c6nc7ccccc7s6)c5)nc5ccccc5c24)oc2ccccc23)cc1. The van der Waals surface area contributed by atoms with Crippen LogP contribution in [-0.2, 0) is 0 Å². The van der Waals surface area contributed by atoms with E-state index in [9.17, 15) is 0 Å². The highest BCUT2D eigenvalue weighted by Crippen LogP contribution is 2.46. The first-order valence-electron chi connectivity index (χ1n) is 14.0. The van der Waals surface area contributed by atoms with E-state index >= 15 is 0 Å². The van der Waals surface area contributed by atoms with Crippen LogP contribution in [0.4, 0.5) is 0 Å². The maximum absolute atomic E-state index is 6.52. The number of pyridine rings is 1. The Morgan fingerprint density at radius 2 is 1.19 bits per heavy atom. The fourth-order valence-corrected chi connectivity index (χ4v) is 7.19. The van der Waals surface area contributed by atoms with Crippen molar-refractivity contribution in [2.24, 2.45) is 0 Å². The molecule has 0 aliphatic heterocycles. The van der Waals surface area contributed by atoms with Crippen LogP contribution in [0.3, 0.4) is 0 Å². The molecule has 9 aromatic rings. The Morgan fingerprint density at radius 3 is 2.07 bits per heavy atom. The second-order valence-corrected chi connectivity index (χ2v) is 11.6. The summed E-state index contributed by atoms with van der Waals surface area (Å²) in [7, 11) is 0. The van der Waals surface area contributed by atoms with Crippen molar-refractivity contribution >= 4 is 65.2 Å². The van der Waals surface area contributed by atoms with Gasteiger partial charge in [-0.2, -0.15) is 0 Å². The number of hydrogen-bond acceptors (Lipinski definition) is 4. The molecule has 0 unspecified atom stereocenters. The third kappa shape index (κ3) is 3.52. The molecule has 0 saturated heterocycles. The van der Waals surface area contributed by atoms with Crippen LogP contribution < -0.4 is 0 Å². The predicted molar refractivity (Wildman–Crippen MR) is 176 cm³/mol. The molecule has 0 fully saturated rings. The molecule has 9 rings (SSSR count). The summed E-state index contributed by atoms with van der Waals surface area (Å²) in [5.41, 5.74) is 9.15. The number of nitrogens with zero attached hydrogens (tertiary/aromatic N) is 2. The lowest BCUT2D eigenvalue weighted by molar-refractivity contribution is 0.669. The number of rotatable bonds is 3. The van der Waals surface area contributed by atoms with Crippen molar-refractivity contribution < 1.29 is 4.42 Å². The summed E-state index contributed by atoms with van der Waals surface area (Å²) in [6, 6.07) is 46.6. The van der Waals surface area contributed by atoms with Crippen LogP contribution in [0.1, 0.15) is 0 Å². The molecule has 6 aromatic carbocycles. The highest BCUT2D eigenvalue weighted by molar-refractivity contribution is 7.21. The van der Waals surface area contributed by atoms with Gasteiger partial charge < -0.3 is 4.42 Å². The quantitative estimate of drug-likeness (QED) is 0.204. The first kappa shape index (κ1) is 23.4. The van der Waals surface area contributed by atoms with Gasteiger partial charge in [-0.1, -0.05) is 97.1 Å².